The molecule has 21 heavy (non-hydrogen) atoms. The van der Waals surface area contributed by atoms with Crippen molar-refractivity contribution >= 4 is 27.9 Å². The number of hydrogen-bond donors (Lipinski definition) is 1. The van der Waals surface area contributed by atoms with Gasteiger partial charge in [-0.2, -0.15) is 5.10 Å². The van der Waals surface area contributed by atoms with Crippen molar-refractivity contribution < 1.29 is 9.21 Å². The number of carbonyl (C=O) groups is 1. The average Bonchev–Trinajstić information content (AvgIpc) is 3.07. The summed E-state index contributed by atoms with van der Waals surface area (Å²) in [6, 6.07) is 8.79. The first-order valence-corrected chi connectivity index (χ1v) is 6.81. The Hall–Kier alpha value is -2.48. The summed E-state index contributed by atoms with van der Waals surface area (Å²) >= 11 is 3.31. The molecule has 7 nitrogen and oxygen atoms in total. The third-order valence-corrected chi connectivity index (χ3v) is 3.27. The Morgan fingerprint density at radius 1 is 1.33 bits per heavy atom. The van der Waals surface area contributed by atoms with Crippen LogP contribution in [0.5, 0.6) is 0 Å². The Balaban J connectivity index is 1.79. The van der Waals surface area contributed by atoms with E-state index in [0.29, 0.717) is 17.1 Å². The Bertz CT molecular complexity index is 795. The van der Waals surface area contributed by atoms with Crippen LogP contribution in [0.25, 0.3) is 11.6 Å². The fraction of sp³-hybridized carbons (Fsp3) is 0.0769. The number of nitrogens with one attached hydrogen (secondary N) is 1. The van der Waals surface area contributed by atoms with E-state index in [-0.39, 0.29) is 11.9 Å². The molecule has 1 N–H and O–H groups in total. The lowest BCUT2D eigenvalue weighted by molar-refractivity contribution is 0.102. The van der Waals surface area contributed by atoms with Crippen LogP contribution in [-0.2, 0) is 7.05 Å². The standard InChI is InChI=1S/C13H10BrN5O2/c1-19-10(5-6-15-19)12-17-18-13(21-12)16-11(20)8-3-2-4-9(14)7-8/h2-7H,1H3,(H,16,18,20). The van der Waals surface area contributed by atoms with Gasteiger partial charge in [-0.15, -0.1) is 5.10 Å². The maximum Gasteiger partial charge on any atom is 0.322 e. The zero-order valence-corrected chi connectivity index (χ0v) is 12.5. The largest absolute Gasteiger partial charge is 0.401 e. The highest BCUT2D eigenvalue weighted by molar-refractivity contribution is 9.10. The van der Waals surface area contributed by atoms with Crippen LogP contribution in [0, 0.1) is 0 Å². The van der Waals surface area contributed by atoms with Crippen LogP contribution in [0.4, 0.5) is 6.01 Å². The number of hydrogen-bond acceptors (Lipinski definition) is 5. The van der Waals surface area contributed by atoms with Crippen molar-refractivity contribution in [2.45, 2.75) is 0 Å². The van der Waals surface area contributed by atoms with Gasteiger partial charge in [0.15, 0.2) is 0 Å². The molecule has 1 amide bonds. The highest BCUT2D eigenvalue weighted by Gasteiger charge is 2.14. The Morgan fingerprint density at radius 3 is 2.90 bits per heavy atom. The zero-order valence-electron chi connectivity index (χ0n) is 10.9. The van der Waals surface area contributed by atoms with Crippen LogP contribution in [0.15, 0.2) is 45.4 Å². The predicted molar refractivity (Wildman–Crippen MR) is 78.6 cm³/mol. The second-order valence-corrected chi connectivity index (χ2v) is 5.13. The molecule has 1 aromatic carbocycles. The van der Waals surface area contributed by atoms with Gasteiger partial charge < -0.3 is 4.42 Å². The van der Waals surface area contributed by atoms with E-state index >= 15 is 0 Å². The number of amides is 1. The predicted octanol–water partition coefficient (Wildman–Crippen LogP) is 2.48. The average molecular weight is 348 g/mol. The third kappa shape index (κ3) is 2.84. The molecule has 0 bridgehead atoms. The SMILES string of the molecule is Cn1nccc1-c1nnc(NC(=O)c2cccc(Br)c2)o1. The fourth-order valence-electron chi connectivity index (χ4n) is 1.76. The molecule has 106 valence electrons. The third-order valence-electron chi connectivity index (χ3n) is 2.77. The molecule has 0 aliphatic rings. The van der Waals surface area contributed by atoms with E-state index in [1.54, 1.807) is 42.2 Å². The van der Waals surface area contributed by atoms with Crippen molar-refractivity contribution in [2.75, 3.05) is 5.32 Å². The normalized spacial score (nSPS) is 10.6. The smallest absolute Gasteiger partial charge is 0.322 e. The van der Waals surface area contributed by atoms with Crippen LogP contribution in [0.3, 0.4) is 0 Å². The molecule has 0 radical (unpaired) electrons. The van der Waals surface area contributed by atoms with E-state index in [2.05, 4.69) is 36.5 Å². The number of aryl methyl sites for hydroxylation is 1. The van der Waals surface area contributed by atoms with Gasteiger partial charge in [-0.05, 0) is 24.3 Å². The van der Waals surface area contributed by atoms with Crippen molar-refractivity contribution in [3.63, 3.8) is 0 Å². The fourth-order valence-corrected chi connectivity index (χ4v) is 2.16. The minimum absolute atomic E-state index is 0.0381. The van der Waals surface area contributed by atoms with E-state index in [1.807, 2.05) is 6.07 Å². The number of aromatic nitrogens is 4. The summed E-state index contributed by atoms with van der Waals surface area (Å²) in [6.45, 7) is 0. The van der Waals surface area contributed by atoms with Crippen LogP contribution in [0.1, 0.15) is 10.4 Å². The zero-order chi connectivity index (χ0) is 14.8. The Kier molecular flexibility index (Phi) is 3.53. The number of nitrogens with zero attached hydrogens (tertiary/aromatic N) is 4. The highest BCUT2D eigenvalue weighted by atomic mass is 79.9. The molecule has 2 aromatic heterocycles. The lowest BCUT2D eigenvalue weighted by Gasteiger charge is -2.00. The molecule has 8 heteroatoms. The van der Waals surface area contributed by atoms with Gasteiger partial charge in [-0.3, -0.25) is 14.8 Å². The van der Waals surface area contributed by atoms with Gasteiger partial charge in [0.25, 0.3) is 11.8 Å². The molecule has 0 fully saturated rings. The van der Waals surface area contributed by atoms with Crippen molar-refractivity contribution in [2.24, 2.45) is 7.05 Å². The van der Waals surface area contributed by atoms with Gasteiger partial charge in [0.05, 0.1) is 0 Å². The molecule has 0 aliphatic carbocycles. The monoisotopic (exact) mass is 347 g/mol. The quantitative estimate of drug-likeness (QED) is 0.786. The number of halogens is 1. The van der Waals surface area contributed by atoms with Crippen molar-refractivity contribution in [1.29, 1.82) is 0 Å². The Morgan fingerprint density at radius 2 is 2.19 bits per heavy atom. The lowest BCUT2D eigenvalue weighted by atomic mass is 10.2. The molecule has 0 saturated heterocycles. The van der Waals surface area contributed by atoms with Crippen molar-refractivity contribution in [3.05, 3.63) is 46.6 Å². The van der Waals surface area contributed by atoms with Crippen LogP contribution in [-0.4, -0.2) is 25.9 Å². The molecule has 0 aliphatic heterocycles. The first-order chi connectivity index (χ1) is 10.1. The molecule has 0 saturated carbocycles. The van der Waals surface area contributed by atoms with Crippen LogP contribution < -0.4 is 5.32 Å². The summed E-state index contributed by atoms with van der Waals surface area (Å²) in [5, 5.41) is 14.3. The van der Waals surface area contributed by atoms with Gasteiger partial charge in [-0.1, -0.05) is 27.1 Å². The van der Waals surface area contributed by atoms with Gasteiger partial charge in [-0.25, -0.2) is 0 Å². The van der Waals surface area contributed by atoms with Crippen molar-refractivity contribution in [3.8, 4) is 11.6 Å². The van der Waals surface area contributed by atoms with E-state index in [9.17, 15) is 4.79 Å². The molecule has 0 atom stereocenters. The Labute approximate surface area is 128 Å². The summed E-state index contributed by atoms with van der Waals surface area (Å²) < 4.78 is 7.83. The number of anilines is 1. The number of rotatable bonds is 3. The maximum absolute atomic E-state index is 12.1. The molecule has 3 rings (SSSR count). The minimum atomic E-state index is -0.323. The van der Waals surface area contributed by atoms with Crippen LogP contribution in [0.2, 0.25) is 0 Å². The first kappa shape index (κ1) is 13.5. The first-order valence-electron chi connectivity index (χ1n) is 6.02. The van der Waals surface area contributed by atoms with E-state index in [0.717, 1.165) is 4.47 Å². The van der Waals surface area contributed by atoms with Gasteiger partial charge >= 0.3 is 6.01 Å². The molecule has 2 heterocycles. The molecular formula is C13H10BrN5O2. The minimum Gasteiger partial charge on any atom is -0.401 e. The summed E-state index contributed by atoms with van der Waals surface area (Å²) in [4.78, 5) is 12.1. The maximum atomic E-state index is 12.1. The summed E-state index contributed by atoms with van der Waals surface area (Å²) in [6.07, 6.45) is 1.62. The van der Waals surface area contributed by atoms with E-state index in [1.165, 1.54) is 0 Å². The van der Waals surface area contributed by atoms with Gasteiger partial charge in [0.2, 0.25) is 0 Å². The van der Waals surface area contributed by atoms with Gasteiger partial charge in [0, 0.05) is 23.3 Å². The van der Waals surface area contributed by atoms with E-state index in [4.69, 9.17) is 4.42 Å². The number of benzene rings is 1. The van der Waals surface area contributed by atoms with Crippen LogP contribution >= 0.6 is 15.9 Å². The van der Waals surface area contributed by atoms with Gasteiger partial charge in [0.1, 0.15) is 5.69 Å². The molecule has 0 spiro atoms. The summed E-state index contributed by atoms with van der Waals surface area (Å²) in [5.41, 5.74) is 1.16. The number of carbonyl (C=O) groups excluding carboxylic acids is 1. The lowest BCUT2D eigenvalue weighted by Crippen LogP contribution is -2.11. The molecular weight excluding hydrogens is 338 g/mol. The van der Waals surface area contributed by atoms with Crippen molar-refractivity contribution in [1.82, 2.24) is 20.0 Å². The summed E-state index contributed by atoms with van der Waals surface area (Å²) in [5.74, 6) is -0.0314. The second kappa shape index (κ2) is 5.49. The summed E-state index contributed by atoms with van der Waals surface area (Å²) in [7, 11) is 1.76. The topological polar surface area (TPSA) is 85.8 Å². The molecule has 3 aromatic rings. The second-order valence-electron chi connectivity index (χ2n) is 4.22. The highest BCUT2D eigenvalue weighted by Crippen LogP contribution is 2.19. The molecule has 0 unspecified atom stereocenters. The van der Waals surface area contributed by atoms with E-state index < -0.39 is 0 Å².